The number of hydrogen-bond donors (Lipinski definition) is 0. The normalized spacial score (nSPS) is 14.6. The third-order valence-corrected chi connectivity index (χ3v) is 7.82. The van der Waals surface area contributed by atoms with Crippen LogP contribution >= 0.6 is 35.0 Å². The van der Waals surface area contributed by atoms with Crippen molar-refractivity contribution in [1.29, 1.82) is 0 Å². The maximum atomic E-state index is 13.1. The van der Waals surface area contributed by atoms with E-state index in [2.05, 4.69) is 0 Å². The molecule has 0 unspecified atom stereocenters. The van der Waals surface area contributed by atoms with E-state index in [0.717, 1.165) is 4.90 Å². The van der Waals surface area contributed by atoms with Gasteiger partial charge in [0.2, 0.25) is 9.84 Å². The van der Waals surface area contributed by atoms with E-state index in [1.807, 2.05) is 6.07 Å². The van der Waals surface area contributed by atoms with Gasteiger partial charge in [-0.1, -0.05) is 53.2 Å². The molecule has 26 heavy (non-hydrogen) atoms. The quantitative estimate of drug-likeness (QED) is 0.428. The second-order valence-electron chi connectivity index (χ2n) is 5.64. The minimum atomic E-state index is -3.88. The molecule has 1 heterocycles. The first-order valence-corrected chi connectivity index (χ1v) is 10.6. The summed E-state index contributed by atoms with van der Waals surface area (Å²) in [6.45, 7) is 0. The van der Waals surface area contributed by atoms with E-state index >= 15 is 0 Å². The topological polar surface area (TPSA) is 51.2 Å². The van der Waals surface area contributed by atoms with Gasteiger partial charge in [0.05, 0.1) is 9.92 Å². The van der Waals surface area contributed by atoms with Crippen molar-refractivity contribution >= 4 is 50.6 Å². The van der Waals surface area contributed by atoms with Gasteiger partial charge in [0.15, 0.2) is 5.78 Å². The van der Waals surface area contributed by atoms with Gasteiger partial charge in [-0.15, -0.1) is 0 Å². The number of carbonyl (C=O) groups excluding carboxylic acids is 1. The Kier molecular flexibility index (Phi) is 4.35. The molecular formula is C19H10Cl2O3S2. The van der Waals surface area contributed by atoms with Crippen molar-refractivity contribution in [3.63, 3.8) is 0 Å². The number of halogens is 2. The van der Waals surface area contributed by atoms with Gasteiger partial charge in [-0.25, -0.2) is 8.42 Å². The molecule has 3 aromatic carbocycles. The molecule has 0 saturated heterocycles. The summed E-state index contributed by atoms with van der Waals surface area (Å²) in [5.41, 5.74) is 0.274. The molecule has 0 spiro atoms. The van der Waals surface area contributed by atoms with E-state index in [1.165, 1.54) is 30.0 Å². The summed E-state index contributed by atoms with van der Waals surface area (Å²) >= 11 is 13.7. The molecule has 0 aromatic heterocycles. The first kappa shape index (κ1) is 17.6. The number of rotatable bonds is 2. The van der Waals surface area contributed by atoms with Gasteiger partial charge in [-0.2, -0.15) is 0 Å². The van der Waals surface area contributed by atoms with Crippen molar-refractivity contribution in [2.75, 3.05) is 0 Å². The van der Waals surface area contributed by atoms with Gasteiger partial charge in [0, 0.05) is 25.9 Å². The van der Waals surface area contributed by atoms with Crippen molar-refractivity contribution in [2.24, 2.45) is 0 Å². The second kappa shape index (κ2) is 6.43. The Labute approximate surface area is 164 Å². The number of carbonyl (C=O) groups is 1. The molecule has 3 nitrogen and oxygen atoms in total. The van der Waals surface area contributed by atoms with Crippen LogP contribution in [0, 0.1) is 0 Å². The summed E-state index contributed by atoms with van der Waals surface area (Å²) in [7, 11) is -3.88. The zero-order valence-corrected chi connectivity index (χ0v) is 16.2. The highest BCUT2D eigenvalue weighted by Crippen LogP contribution is 2.44. The van der Waals surface area contributed by atoms with E-state index in [9.17, 15) is 13.2 Å². The lowest BCUT2D eigenvalue weighted by molar-refractivity contribution is 0.103. The van der Waals surface area contributed by atoms with Crippen LogP contribution in [0.3, 0.4) is 0 Å². The predicted octanol–water partition coefficient (Wildman–Crippen LogP) is 5.52. The van der Waals surface area contributed by atoms with E-state index in [4.69, 9.17) is 23.2 Å². The van der Waals surface area contributed by atoms with E-state index in [-0.39, 0.29) is 31.7 Å². The summed E-state index contributed by atoms with van der Waals surface area (Å²) in [5.74, 6) is -0.341. The molecule has 1 aliphatic rings. The maximum absolute atomic E-state index is 13.1. The Morgan fingerprint density at radius 2 is 1.62 bits per heavy atom. The molecule has 0 fully saturated rings. The van der Waals surface area contributed by atoms with Crippen molar-refractivity contribution in [3.8, 4) is 0 Å². The van der Waals surface area contributed by atoms with Gasteiger partial charge in [-0.05, 0) is 42.5 Å². The standard InChI is InChI=1S/C19H10Cl2O3S2/c20-11-4-3-5-12(10-11)25-15-9-8-14-18(22)13-6-1-2-7-16(13)26(23,24)19(14)17(15)21/h1-10H. The SMILES string of the molecule is O=C1c2ccccc2S(=O)(=O)c2c1ccc(Sc1cccc(Cl)c1)c2Cl. The first-order chi connectivity index (χ1) is 12.4. The van der Waals surface area contributed by atoms with Crippen LogP contribution in [0.1, 0.15) is 15.9 Å². The van der Waals surface area contributed by atoms with Crippen LogP contribution in [0.4, 0.5) is 0 Å². The van der Waals surface area contributed by atoms with Gasteiger partial charge in [0.25, 0.3) is 0 Å². The third kappa shape index (κ3) is 2.76. The fourth-order valence-corrected chi connectivity index (χ4v) is 6.40. The number of hydrogen-bond acceptors (Lipinski definition) is 4. The van der Waals surface area contributed by atoms with Gasteiger partial charge in [-0.3, -0.25) is 4.79 Å². The van der Waals surface area contributed by atoms with Crippen molar-refractivity contribution in [2.45, 2.75) is 19.6 Å². The molecule has 130 valence electrons. The highest BCUT2D eigenvalue weighted by molar-refractivity contribution is 7.99. The second-order valence-corrected chi connectivity index (χ2v) is 9.43. The molecule has 0 saturated carbocycles. The lowest BCUT2D eigenvalue weighted by Gasteiger charge is -2.21. The number of benzene rings is 3. The minimum Gasteiger partial charge on any atom is -0.289 e. The van der Waals surface area contributed by atoms with Crippen molar-refractivity contribution in [3.05, 3.63) is 81.8 Å². The number of fused-ring (bicyclic) bond motifs is 2. The molecule has 0 radical (unpaired) electrons. The molecule has 3 aromatic rings. The molecular weight excluding hydrogens is 411 g/mol. The van der Waals surface area contributed by atoms with Gasteiger partial charge in [0.1, 0.15) is 4.90 Å². The van der Waals surface area contributed by atoms with Crippen LogP contribution in [0.25, 0.3) is 0 Å². The summed E-state index contributed by atoms with van der Waals surface area (Å²) in [5, 5.41) is 0.621. The summed E-state index contributed by atoms with van der Waals surface area (Å²) in [4.78, 5) is 13.9. The summed E-state index contributed by atoms with van der Waals surface area (Å²) in [6.07, 6.45) is 0. The Morgan fingerprint density at radius 3 is 2.38 bits per heavy atom. The molecule has 0 amide bonds. The summed E-state index contributed by atoms with van der Waals surface area (Å²) < 4.78 is 26.1. The van der Waals surface area contributed by atoms with Crippen LogP contribution in [0.2, 0.25) is 10.0 Å². The van der Waals surface area contributed by atoms with Crippen LogP contribution in [0.5, 0.6) is 0 Å². The Balaban J connectivity index is 1.90. The molecule has 0 aliphatic carbocycles. The molecule has 7 heteroatoms. The van der Waals surface area contributed by atoms with Crippen molar-refractivity contribution < 1.29 is 13.2 Å². The average Bonchev–Trinajstić information content (AvgIpc) is 2.61. The Morgan fingerprint density at radius 1 is 0.846 bits per heavy atom. The van der Waals surface area contributed by atoms with E-state index < -0.39 is 9.84 Å². The monoisotopic (exact) mass is 420 g/mol. The van der Waals surface area contributed by atoms with Gasteiger partial charge < -0.3 is 0 Å². The smallest absolute Gasteiger partial charge is 0.209 e. The van der Waals surface area contributed by atoms with E-state index in [0.29, 0.717) is 9.92 Å². The lowest BCUT2D eigenvalue weighted by Crippen LogP contribution is -2.20. The molecule has 0 atom stereocenters. The van der Waals surface area contributed by atoms with E-state index in [1.54, 1.807) is 36.4 Å². The van der Waals surface area contributed by atoms with Crippen LogP contribution in [-0.4, -0.2) is 14.2 Å². The summed E-state index contributed by atoms with van der Waals surface area (Å²) in [6, 6.07) is 16.5. The van der Waals surface area contributed by atoms with Gasteiger partial charge >= 0.3 is 0 Å². The average molecular weight is 421 g/mol. The van der Waals surface area contributed by atoms with Crippen LogP contribution in [-0.2, 0) is 9.84 Å². The Bertz CT molecular complexity index is 1170. The molecule has 1 aliphatic heterocycles. The highest BCUT2D eigenvalue weighted by Gasteiger charge is 2.37. The number of sulfone groups is 1. The zero-order valence-electron chi connectivity index (χ0n) is 13.1. The predicted molar refractivity (Wildman–Crippen MR) is 102 cm³/mol. The fourth-order valence-electron chi connectivity index (χ4n) is 2.86. The highest BCUT2D eigenvalue weighted by atomic mass is 35.5. The molecule has 0 N–H and O–H groups in total. The number of ketones is 1. The first-order valence-electron chi connectivity index (χ1n) is 7.54. The maximum Gasteiger partial charge on any atom is 0.209 e. The lowest BCUT2D eigenvalue weighted by atomic mass is 10.0. The zero-order chi connectivity index (χ0) is 18.5. The van der Waals surface area contributed by atoms with Crippen LogP contribution in [0.15, 0.2) is 80.2 Å². The third-order valence-electron chi connectivity index (χ3n) is 4.02. The van der Waals surface area contributed by atoms with Crippen LogP contribution < -0.4 is 0 Å². The van der Waals surface area contributed by atoms with Crippen molar-refractivity contribution in [1.82, 2.24) is 0 Å². The largest absolute Gasteiger partial charge is 0.289 e. The fraction of sp³-hybridized carbons (Fsp3) is 0. The minimum absolute atomic E-state index is 0.00990. The molecule has 4 rings (SSSR count). The molecule has 0 bridgehead atoms. The Hall–Kier alpha value is -1.79.